The summed E-state index contributed by atoms with van der Waals surface area (Å²) in [7, 11) is 3.63. The number of aromatic nitrogens is 3. The van der Waals surface area contributed by atoms with Crippen LogP contribution in [0.1, 0.15) is 50.2 Å². The summed E-state index contributed by atoms with van der Waals surface area (Å²) in [5.74, 6) is 0.0809. The largest absolute Gasteiger partial charge is 0.361 e. The molecule has 0 saturated carbocycles. The van der Waals surface area contributed by atoms with E-state index in [1.54, 1.807) is 41.9 Å². The van der Waals surface area contributed by atoms with Crippen molar-refractivity contribution in [2.45, 2.75) is 33.6 Å². The van der Waals surface area contributed by atoms with Crippen molar-refractivity contribution in [1.82, 2.24) is 19.8 Å². The molecule has 0 bridgehead atoms. The fourth-order valence-electron chi connectivity index (χ4n) is 3.24. The number of anilines is 1. The number of nitrogens with zero attached hydrogens (tertiary/aromatic N) is 4. The zero-order chi connectivity index (χ0) is 21.8. The van der Waals surface area contributed by atoms with Crippen LogP contribution in [0.3, 0.4) is 0 Å². The SMILES string of the molecule is CCc1noc(C)c1C(=O)Nc1cc(C(=O)N(C)CCc2cnn(C)c2)ccc1C. The van der Waals surface area contributed by atoms with E-state index in [4.69, 9.17) is 4.52 Å². The van der Waals surface area contributed by atoms with Crippen LogP contribution in [0.15, 0.2) is 35.1 Å². The molecule has 2 aromatic heterocycles. The maximum atomic E-state index is 12.9. The third-order valence-corrected chi connectivity index (χ3v) is 5.07. The Morgan fingerprint density at radius 3 is 2.70 bits per heavy atom. The highest BCUT2D eigenvalue weighted by molar-refractivity contribution is 6.06. The lowest BCUT2D eigenvalue weighted by Crippen LogP contribution is -2.29. The summed E-state index contributed by atoms with van der Waals surface area (Å²) in [5, 5.41) is 11.0. The zero-order valence-corrected chi connectivity index (χ0v) is 18.0. The Bertz CT molecular complexity index is 1070. The maximum absolute atomic E-state index is 12.9. The molecule has 8 nitrogen and oxygen atoms in total. The Kier molecular flexibility index (Phi) is 6.34. The van der Waals surface area contributed by atoms with Crippen molar-refractivity contribution in [2.24, 2.45) is 7.05 Å². The number of carbonyl (C=O) groups is 2. The molecule has 30 heavy (non-hydrogen) atoms. The first-order chi connectivity index (χ1) is 14.3. The molecule has 0 unspecified atom stereocenters. The monoisotopic (exact) mass is 409 g/mol. The summed E-state index contributed by atoms with van der Waals surface area (Å²) in [4.78, 5) is 27.3. The lowest BCUT2D eigenvalue weighted by molar-refractivity contribution is 0.0796. The first-order valence-corrected chi connectivity index (χ1v) is 9.90. The molecule has 3 aromatic rings. The van der Waals surface area contributed by atoms with E-state index in [2.05, 4.69) is 15.6 Å². The van der Waals surface area contributed by atoms with Crippen LogP contribution in [0, 0.1) is 13.8 Å². The number of likely N-dealkylation sites (N-methyl/N-ethyl adjacent to an activating group) is 1. The number of amides is 2. The van der Waals surface area contributed by atoms with Crippen molar-refractivity contribution in [3.05, 3.63) is 64.3 Å². The molecule has 1 aromatic carbocycles. The van der Waals surface area contributed by atoms with Gasteiger partial charge in [-0.3, -0.25) is 14.3 Å². The molecular formula is C22H27N5O3. The molecule has 2 heterocycles. The van der Waals surface area contributed by atoms with Crippen molar-refractivity contribution in [3.63, 3.8) is 0 Å². The maximum Gasteiger partial charge on any atom is 0.261 e. The van der Waals surface area contributed by atoms with Gasteiger partial charge in [-0.2, -0.15) is 5.10 Å². The van der Waals surface area contributed by atoms with E-state index in [0.29, 0.717) is 41.2 Å². The van der Waals surface area contributed by atoms with E-state index in [-0.39, 0.29) is 11.8 Å². The molecule has 3 rings (SSSR count). The Morgan fingerprint density at radius 2 is 2.03 bits per heavy atom. The van der Waals surface area contributed by atoms with Gasteiger partial charge in [-0.05, 0) is 49.9 Å². The van der Waals surface area contributed by atoms with Crippen LogP contribution in [0.2, 0.25) is 0 Å². The van der Waals surface area contributed by atoms with Crippen molar-refractivity contribution in [3.8, 4) is 0 Å². The van der Waals surface area contributed by atoms with Crippen molar-refractivity contribution in [2.75, 3.05) is 18.9 Å². The zero-order valence-electron chi connectivity index (χ0n) is 18.0. The fraction of sp³-hybridized carbons (Fsp3) is 0.364. The lowest BCUT2D eigenvalue weighted by atomic mass is 10.1. The molecule has 0 saturated heterocycles. The number of aryl methyl sites for hydroxylation is 4. The van der Waals surface area contributed by atoms with Crippen LogP contribution in [-0.4, -0.2) is 45.2 Å². The summed E-state index contributed by atoms with van der Waals surface area (Å²) in [6.07, 6.45) is 5.06. The average molecular weight is 409 g/mol. The van der Waals surface area contributed by atoms with Gasteiger partial charge in [0, 0.05) is 38.1 Å². The summed E-state index contributed by atoms with van der Waals surface area (Å²) in [5.41, 5.74) is 4.11. The minimum Gasteiger partial charge on any atom is -0.361 e. The number of hydrogen-bond donors (Lipinski definition) is 1. The predicted molar refractivity (Wildman–Crippen MR) is 114 cm³/mol. The Labute approximate surface area is 175 Å². The van der Waals surface area contributed by atoms with E-state index in [0.717, 1.165) is 17.5 Å². The average Bonchev–Trinajstić information content (AvgIpc) is 3.32. The van der Waals surface area contributed by atoms with E-state index in [1.165, 1.54) is 0 Å². The second-order valence-electron chi connectivity index (χ2n) is 7.40. The molecule has 0 atom stereocenters. The molecule has 0 radical (unpaired) electrons. The van der Waals surface area contributed by atoms with Crippen molar-refractivity contribution < 1.29 is 14.1 Å². The highest BCUT2D eigenvalue weighted by Gasteiger charge is 2.20. The smallest absolute Gasteiger partial charge is 0.261 e. The Balaban J connectivity index is 1.73. The van der Waals surface area contributed by atoms with Crippen LogP contribution in [0.4, 0.5) is 5.69 Å². The van der Waals surface area contributed by atoms with Gasteiger partial charge in [0.25, 0.3) is 11.8 Å². The Morgan fingerprint density at radius 1 is 1.27 bits per heavy atom. The van der Waals surface area contributed by atoms with E-state index in [1.807, 2.05) is 33.2 Å². The second-order valence-corrected chi connectivity index (χ2v) is 7.40. The molecule has 0 spiro atoms. The molecule has 0 aliphatic carbocycles. The number of carbonyl (C=O) groups excluding carboxylic acids is 2. The number of hydrogen-bond acceptors (Lipinski definition) is 5. The molecule has 0 aliphatic rings. The first-order valence-electron chi connectivity index (χ1n) is 9.90. The molecule has 1 N–H and O–H groups in total. The predicted octanol–water partition coefficient (Wildman–Crippen LogP) is 3.15. The van der Waals surface area contributed by atoms with E-state index in [9.17, 15) is 9.59 Å². The van der Waals surface area contributed by atoms with Gasteiger partial charge in [-0.15, -0.1) is 0 Å². The summed E-state index contributed by atoms with van der Waals surface area (Å²) >= 11 is 0. The quantitative estimate of drug-likeness (QED) is 0.647. The summed E-state index contributed by atoms with van der Waals surface area (Å²) in [6.45, 7) is 6.09. The van der Waals surface area contributed by atoms with Crippen LogP contribution >= 0.6 is 0 Å². The van der Waals surface area contributed by atoms with Gasteiger partial charge in [-0.25, -0.2) is 0 Å². The molecule has 158 valence electrons. The van der Waals surface area contributed by atoms with Crippen LogP contribution < -0.4 is 5.32 Å². The Hall–Kier alpha value is -3.42. The topological polar surface area (TPSA) is 93.3 Å². The highest BCUT2D eigenvalue weighted by atomic mass is 16.5. The van der Waals surface area contributed by atoms with Crippen LogP contribution in [0.25, 0.3) is 0 Å². The summed E-state index contributed by atoms with van der Waals surface area (Å²) in [6, 6.07) is 5.32. The molecular weight excluding hydrogens is 382 g/mol. The van der Waals surface area contributed by atoms with Gasteiger partial charge in [-0.1, -0.05) is 18.1 Å². The number of nitrogens with one attached hydrogen (secondary N) is 1. The number of benzene rings is 1. The standard InChI is InChI=1S/C22H27N5O3/c1-6-18-20(15(3)30-25-18)21(28)24-19-11-17(8-7-14(19)2)22(29)26(4)10-9-16-12-23-27(5)13-16/h7-8,11-13H,6,9-10H2,1-5H3,(H,24,28). The van der Waals surface area contributed by atoms with E-state index >= 15 is 0 Å². The van der Waals surface area contributed by atoms with Gasteiger partial charge >= 0.3 is 0 Å². The molecule has 0 aliphatic heterocycles. The normalized spacial score (nSPS) is 10.8. The molecule has 8 heteroatoms. The van der Waals surface area contributed by atoms with Gasteiger partial charge in [0.2, 0.25) is 0 Å². The van der Waals surface area contributed by atoms with Gasteiger partial charge in [0.15, 0.2) is 0 Å². The van der Waals surface area contributed by atoms with Gasteiger partial charge in [0.1, 0.15) is 11.3 Å². The third kappa shape index (κ3) is 4.59. The van der Waals surface area contributed by atoms with Crippen molar-refractivity contribution in [1.29, 1.82) is 0 Å². The third-order valence-electron chi connectivity index (χ3n) is 5.07. The fourth-order valence-corrected chi connectivity index (χ4v) is 3.24. The first kappa shape index (κ1) is 21.3. The van der Waals surface area contributed by atoms with Crippen LogP contribution in [0.5, 0.6) is 0 Å². The minimum atomic E-state index is -0.289. The molecule has 0 fully saturated rings. The highest BCUT2D eigenvalue weighted by Crippen LogP contribution is 2.21. The molecule has 2 amide bonds. The van der Waals surface area contributed by atoms with E-state index < -0.39 is 0 Å². The number of rotatable bonds is 7. The van der Waals surface area contributed by atoms with Crippen LogP contribution in [-0.2, 0) is 19.9 Å². The lowest BCUT2D eigenvalue weighted by Gasteiger charge is -2.18. The van der Waals surface area contributed by atoms with Crippen molar-refractivity contribution >= 4 is 17.5 Å². The second kappa shape index (κ2) is 8.94. The van der Waals surface area contributed by atoms with Gasteiger partial charge in [0.05, 0.1) is 11.9 Å². The van der Waals surface area contributed by atoms with Gasteiger partial charge < -0.3 is 14.7 Å². The summed E-state index contributed by atoms with van der Waals surface area (Å²) < 4.78 is 6.90. The minimum absolute atomic E-state index is 0.107.